The van der Waals surface area contributed by atoms with E-state index in [4.69, 9.17) is 15.7 Å². The maximum Gasteiger partial charge on any atom is 0.434 e. The van der Waals surface area contributed by atoms with Crippen molar-refractivity contribution in [3.05, 3.63) is 23.5 Å². The Bertz CT molecular complexity index is 1060. The first-order chi connectivity index (χ1) is 16.3. The van der Waals surface area contributed by atoms with Gasteiger partial charge in [-0.25, -0.2) is 9.48 Å². The van der Waals surface area contributed by atoms with Gasteiger partial charge in [-0.1, -0.05) is 19.9 Å². The van der Waals surface area contributed by atoms with Gasteiger partial charge in [-0.3, -0.25) is 4.79 Å². The third kappa shape index (κ3) is 5.16. The lowest BCUT2D eigenvalue weighted by Gasteiger charge is -2.59. The van der Waals surface area contributed by atoms with Gasteiger partial charge in [-0.15, -0.1) is 0 Å². The number of hydrogen-bond donors (Lipinski definition) is 2. The van der Waals surface area contributed by atoms with Gasteiger partial charge in [0.25, 0.3) is 5.91 Å². The molecule has 8 nitrogen and oxygen atoms in total. The average Bonchev–Trinajstić information content (AvgIpc) is 3.18. The first kappa shape index (κ1) is 25.1. The normalized spacial score (nSPS) is 29.8. The minimum atomic E-state index is -4.80. The molecule has 2 amide bonds. The summed E-state index contributed by atoms with van der Waals surface area (Å²) in [6.07, 6.45) is 2.28. The number of alkyl halides is 3. The number of carbonyl (C=O) groups excluding carboxylic acids is 2. The van der Waals surface area contributed by atoms with Crippen LogP contribution < -0.4 is 11.1 Å². The van der Waals surface area contributed by atoms with Gasteiger partial charge in [0.15, 0.2) is 5.69 Å². The number of halogens is 3. The van der Waals surface area contributed by atoms with Crippen molar-refractivity contribution in [3.8, 4) is 6.07 Å². The topological polar surface area (TPSA) is 123 Å². The van der Waals surface area contributed by atoms with E-state index in [2.05, 4.69) is 10.4 Å². The Hall–Kier alpha value is -3.03. The summed E-state index contributed by atoms with van der Waals surface area (Å²) in [4.78, 5) is 24.2. The molecule has 2 atom stereocenters. The van der Waals surface area contributed by atoms with Gasteiger partial charge in [0, 0.05) is 24.1 Å². The van der Waals surface area contributed by atoms with Crippen LogP contribution in [0.4, 0.5) is 18.0 Å². The Kier molecular flexibility index (Phi) is 6.36. The molecule has 0 aliphatic heterocycles. The van der Waals surface area contributed by atoms with Crippen LogP contribution in [0.25, 0.3) is 6.20 Å². The minimum absolute atomic E-state index is 0.109. The molecule has 4 saturated carbocycles. The van der Waals surface area contributed by atoms with E-state index in [1.54, 1.807) is 13.8 Å². The number of amides is 2. The molecule has 35 heavy (non-hydrogen) atoms. The third-order valence-corrected chi connectivity index (χ3v) is 7.73. The molecule has 4 aliphatic rings. The van der Waals surface area contributed by atoms with E-state index in [0.717, 1.165) is 44.5 Å². The number of nitrogens with one attached hydrogen (secondary N) is 1. The maximum absolute atomic E-state index is 14.0. The summed E-state index contributed by atoms with van der Waals surface area (Å²) in [7, 11) is 0. The predicted octanol–water partition coefficient (Wildman–Crippen LogP) is 4.33. The highest BCUT2D eigenvalue weighted by Crippen LogP contribution is 2.60. The largest absolute Gasteiger partial charge is 0.449 e. The van der Waals surface area contributed by atoms with E-state index in [0.29, 0.717) is 10.6 Å². The fourth-order valence-electron chi connectivity index (χ4n) is 6.52. The molecule has 0 radical (unpaired) electrons. The Labute approximate surface area is 201 Å². The Morgan fingerprint density at radius 2 is 1.97 bits per heavy atom. The molecule has 11 heteroatoms. The Morgan fingerprint density at radius 1 is 1.31 bits per heavy atom. The van der Waals surface area contributed by atoms with Crippen LogP contribution in [0.2, 0.25) is 0 Å². The first-order valence-corrected chi connectivity index (χ1v) is 11.8. The molecule has 5 rings (SSSR count). The Morgan fingerprint density at radius 3 is 2.54 bits per heavy atom. The molecule has 0 aromatic carbocycles. The van der Waals surface area contributed by atoms with Crippen LogP contribution in [0, 0.1) is 39.9 Å². The summed E-state index contributed by atoms with van der Waals surface area (Å²) in [6.45, 7) is 3.70. The van der Waals surface area contributed by atoms with Gasteiger partial charge in [-0.2, -0.15) is 23.5 Å². The highest BCUT2D eigenvalue weighted by molar-refractivity contribution is 5.95. The van der Waals surface area contributed by atoms with Gasteiger partial charge in [0.1, 0.15) is 0 Å². The molecule has 1 aromatic heterocycles. The summed E-state index contributed by atoms with van der Waals surface area (Å²) in [5.41, 5.74) is 2.66. The van der Waals surface area contributed by atoms with E-state index >= 15 is 0 Å². The molecule has 190 valence electrons. The van der Waals surface area contributed by atoms with E-state index in [9.17, 15) is 22.8 Å². The molecular weight excluding hydrogens is 463 g/mol. The number of nitrogens with zero attached hydrogens (tertiary/aromatic N) is 3. The SMILES string of the molecule is CC(C)(/C=C/n1ncc(C(=O)N[C@H]2C3CC4CC2C[C@](COC(N)=O)(C4)C3)c1C(F)(F)F)CC#N. The maximum atomic E-state index is 14.0. The van der Waals surface area contributed by atoms with E-state index in [-0.39, 0.29) is 36.3 Å². The van der Waals surface area contributed by atoms with Crippen LogP contribution in [-0.4, -0.2) is 34.4 Å². The number of aromatic nitrogens is 2. The molecule has 2 unspecified atom stereocenters. The van der Waals surface area contributed by atoms with E-state index in [1.807, 2.05) is 6.07 Å². The molecule has 4 bridgehead atoms. The van der Waals surface area contributed by atoms with Gasteiger partial charge in [0.05, 0.1) is 24.4 Å². The summed E-state index contributed by atoms with van der Waals surface area (Å²) in [5, 5.41) is 15.6. The number of nitriles is 1. The van der Waals surface area contributed by atoms with Crippen LogP contribution in [-0.2, 0) is 10.9 Å². The van der Waals surface area contributed by atoms with Crippen LogP contribution >= 0.6 is 0 Å². The van der Waals surface area contributed by atoms with Crippen molar-refractivity contribution < 1.29 is 27.5 Å². The lowest BCUT2D eigenvalue weighted by Crippen LogP contribution is -2.60. The summed E-state index contributed by atoms with van der Waals surface area (Å²) >= 11 is 0. The molecular formula is C24H30F3N5O3. The zero-order chi connectivity index (χ0) is 25.6. The minimum Gasteiger partial charge on any atom is -0.449 e. The highest BCUT2D eigenvalue weighted by Gasteiger charge is 2.56. The van der Waals surface area contributed by atoms with Gasteiger partial charge < -0.3 is 15.8 Å². The van der Waals surface area contributed by atoms with Gasteiger partial charge in [-0.05, 0) is 55.3 Å². The second-order valence-corrected chi connectivity index (χ2v) is 11.1. The summed E-state index contributed by atoms with van der Waals surface area (Å²) in [5.74, 6) is -0.129. The number of rotatable bonds is 7. The van der Waals surface area contributed by atoms with Crippen LogP contribution in [0.15, 0.2) is 12.3 Å². The lowest BCUT2D eigenvalue weighted by atomic mass is 9.48. The van der Waals surface area contributed by atoms with Crippen molar-refractivity contribution in [2.75, 3.05) is 6.61 Å². The number of nitrogens with two attached hydrogens (primary N) is 1. The molecule has 1 heterocycles. The first-order valence-electron chi connectivity index (χ1n) is 11.8. The lowest BCUT2D eigenvalue weighted by molar-refractivity contribution is -0.142. The molecule has 4 fully saturated rings. The number of hydrogen-bond acceptors (Lipinski definition) is 5. The second kappa shape index (κ2) is 8.88. The summed E-state index contributed by atoms with van der Waals surface area (Å²) in [6, 6.07) is 1.76. The van der Waals surface area contributed by atoms with Crippen molar-refractivity contribution in [1.82, 2.24) is 15.1 Å². The van der Waals surface area contributed by atoms with Crippen molar-refractivity contribution in [2.24, 2.45) is 34.3 Å². The van der Waals surface area contributed by atoms with Gasteiger partial charge in [0.2, 0.25) is 0 Å². The number of allylic oxidation sites excluding steroid dienone is 1. The van der Waals surface area contributed by atoms with Crippen molar-refractivity contribution in [3.63, 3.8) is 0 Å². The van der Waals surface area contributed by atoms with Crippen LogP contribution in [0.1, 0.15) is 68.4 Å². The monoisotopic (exact) mass is 493 g/mol. The number of carbonyl (C=O) groups is 2. The second-order valence-electron chi connectivity index (χ2n) is 11.1. The molecule has 0 saturated heterocycles. The number of primary amides is 1. The van der Waals surface area contributed by atoms with Gasteiger partial charge >= 0.3 is 12.3 Å². The molecule has 4 aliphatic carbocycles. The Balaban J connectivity index is 1.53. The van der Waals surface area contributed by atoms with E-state index in [1.165, 1.54) is 6.08 Å². The molecule has 0 spiro atoms. The quantitative estimate of drug-likeness (QED) is 0.585. The van der Waals surface area contributed by atoms with Crippen LogP contribution in [0.5, 0.6) is 0 Å². The third-order valence-electron chi connectivity index (χ3n) is 7.73. The average molecular weight is 494 g/mol. The predicted molar refractivity (Wildman–Crippen MR) is 119 cm³/mol. The number of ether oxygens (including phenoxy) is 1. The zero-order valence-corrected chi connectivity index (χ0v) is 19.8. The molecule has 1 aromatic rings. The zero-order valence-electron chi connectivity index (χ0n) is 19.8. The summed E-state index contributed by atoms with van der Waals surface area (Å²) < 4.78 is 47.7. The van der Waals surface area contributed by atoms with Crippen LogP contribution in [0.3, 0.4) is 0 Å². The molecule has 3 N–H and O–H groups in total. The highest BCUT2D eigenvalue weighted by atomic mass is 19.4. The van der Waals surface area contributed by atoms with E-state index < -0.39 is 34.8 Å². The fraction of sp³-hybridized carbons (Fsp3) is 0.667. The van der Waals surface area contributed by atoms with Crippen molar-refractivity contribution in [2.45, 2.75) is 64.6 Å². The van der Waals surface area contributed by atoms with Crippen molar-refractivity contribution in [1.29, 1.82) is 5.26 Å². The fourth-order valence-corrected chi connectivity index (χ4v) is 6.52. The van der Waals surface area contributed by atoms with Crippen molar-refractivity contribution >= 4 is 18.2 Å². The smallest absolute Gasteiger partial charge is 0.434 e. The standard InChI is InChI=1S/C24H30F3N5O3/c1-22(2,3-5-28)4-6-32-19(24(25,26)27)17(12-30-32)20(33)31-18-15-7-14-8-16(18)11-23(9-14,10-15)13-35-21(29)34/h4,6,12,14-16,18H,3,7-11,13H2,1-2H3,(H2,29,34)(H,31,33)/b6-4+/t14?,15?,16?,18-,23-.